The van der Waals surface area contributed by atoms with Gasteiger partial charge in [-0.25, -0.2) is 9.18 Å². The van der Waals surface area contributed by atoms with Crippen molar-refractivity contribution in [3.63, 3.8) is 0 Å². The maximum atomic E-state index is 13.1. The molecule has 0 amide bonds. The predicted octanol–water partition coefficient (Wildman–Crippen LogP) is 4.63. The van der Waals surface area contributed by atoms with E-state index in [0.717, 1.165) is 5.56 Å². The molecule has 0 heterocycles. The van der Waals surface area contributed by atoms with Gasteiger partial charge in [-0.1, -0.05) is 22.0 Å². The Kier molecular flexibility index (Phi) is 4.77. The van der Waals surface area contributed by atoms with Gasteiger partial charge < -0.3 is 9.84 Å². The highest BCUT2D eigenvalue weighted by Crippen LogP contribution is 2.25. The van der Waals surface area contributed by atoms with E-state index in [1.165, 1.54) is 12.1 Å². The number of aromatic carboxylic acids is 1. The van der Waals surface area contributed by atoms with E-state index in [4.69, 9.17) is 9.84 Å². The summed E-state index contributed by atoms with van der Waals surface area (Å²) in [6.07, 6.45) is 0. The fourth-order valence-corrected chi connectivity index (χ4v) is 2.37. The van der Waals surface area contributed by atoms with Crippen molar-refractivity contribution in [2.75, 3.05) is 0 Å². The average Bonchev–Trinajstić information content (AvgIpc) is 2.41. The first kappa shape index (κ1) is 15.0. The maximum Gasteiger partial charge on any atom is 0.339 e. The van der Waals surface area contributed by atoms with Crippen molar-refractivity contribution in [1.82, 2.24) is 0 Å². The predicted molar refractivity (Wildman–Crippen MR) is 79.5 cm³/mol. The first-order valence-electron chi connectivity index (χ1n) is 5.57. The van der Waals surface area contributed by atoms with Crippen LogP contribution in [0, 0.1) is 5.82 Å². The van der Waals surface area contributed by atoms with Crippen LogP contribution >= 0.6 is 31.9 Å². The van der Waals surface area contributed by atoms with Crippen molar-refractivity contribution >= 4 is 37.8 Å². The largest absolute Gasteiger partial charge is 0.488 e. The molecule has 2 rings (SSSR count). The van der Waals surface area contributed by atoms with Crippen LogP contribution in [0.25, 0.3) is 0 Å². The lowest BCUT2D eigenvalue weighted by Crippen LogP contribution is -2.03. The van der Waals surface area contributed by atoms with E-state index < -0.39 is 5.97 Å². The summed E-state index contributed by atoms with van der Waals surface area (Å²) in [4.78, 5) is 11.1. The lowest BCUT2D eigenvalue weighted by atomic mass is 10.2. The van der Waals surface area contributed by atoms with Gasteiger partial charge in [0.25, 0.3) is 0 Å². The van der Waals surface area contributed by atoms with Gasteiger partial charge >= 0.3 is 5.97 Å². The van der Waals surface area contributed by atoms with Gasteiger partial charge in [-0.05, 0) is 51.8 Å². The fourth-order valence-electron chi connectivity index (χ4n) is 1.59. The SMILES string of the molecule is O=C(O)c1cc(Br)ccc1OCc1ccc(F)c(Br)c1. The normalized spacial score (nSPS) is 10.3. The summed E-state index contributed by atoms with van der Waals surface area (Å²) >= 11 is 6.30. The summed E-state index contributed by atoms with van der Waals surface area (Å²) in [5, 5.41) is 9.11. The van der Waals surface area contributed by atoms with Crippen LogP contribution in [0.15, 0.2) is 45.3 Å². The van der Waals surface area contributed by atoms with Crippen LogP contribution in [0.1, 0.15) is 15.9 Å². The molecule has 0 saturated carbocycles. The second-order valence-corrected chi connectivity index (χ2v) is 5.75. The topological polar surface area (TPSA) is 46.5 Å². The van der Waals surface area contributed by atoms with Crippen molar-refractivity contribution in [1.29, 1.82) is 0 Å². The Morgan fingerprint density at radius 2 is 1.95 bits per heavy atom. The summed E-state index contributed by atoms with van der Waals surface area (Å²) < 4.78 is 19.6. The second-order valence-electron chi connectivity index (χ2n) is 3.98. The van der Waals surface area contributed by atoms with Gasteiger partial charge in [-0.3, -0.25) is 0 Å². The van der Waals surface area contributed by atoms with Crippen LogP contribution in [0.3, 0.4) is 0 Å². The molecule has 0 saturated heterocycles. The van der Waals surface area contributed by atoms with Crippen molar-refractivity contribution in [2.45, 2.75) is 6.61 Å². The first-order chi connectivity index (χ1) is 9.47. The van der Waals surface area contributed by atoms with Crippen LogP contribution in [-0.4, -0.2) is 11.1 Å². The number of carboxylic acids is 1. The number of hydrogen-bond donors (Lipinski definition) is 1. The molecule has 0 unspecified atom stereocenters. The number of carbonyl (C=O) groups is 1. The Hall–Kier alpha value is -1.40. The van der Waals surface area contributed by atoms with E-state index in [9.17, 15) is 9.18 Å². The zero-order chi connectivity index (χ0) is 14.7. The number of ether oxygens (including phenoxy) is 1. The van der Waals surface area contributed by atoms with E-state index in [-0.39, 0.29) is 23.7 Å². The van der Waals surface area contributed by atoms with Gasteiger partial charge in [0, 0.05) is 4.47 Å². The molecule has 0 aliphatic heterocycles. The molecule has 0 atom stereocenters. The highest BCUT2D eigenvalue weighted by Gasteiger charge is 2.12. The molecular formula is C14H9Br2FO3. The van der Waals surface area contributed by atoms with Crippen molar-refractivity contribution in [3.05, 3.63) is 62.3 Å². The van der Waals surface area contributed by atoms with E-state index in [2.05, 4.69) is 31.9 Å². The van der Waals surface area contributed by atoms with Crippen LogP contribution < -0.4 is 4.74 Å². The van der Waals surface area contributed by atoms with Gasteiger partial charge in [-0.2, -0.15) is 0 Å². The van der Waals surface area contributed by atoms with Gasteiger partial charge in [0.2, 0.25) is 0 Å². The van der Waals surface area contributed by atoms with Gasteiger partial charge in [0.05, 0.1) is 4.47 Å². The Balaban J connectivity index is 2.18. The first-order valence-corrected chi connectivity index (χ1v) is 7.15. The zero-order valence-corrected chi connectivity index (χ0v) is 13.2. The van der Waals surface area contributed by atoms with Gasteiger partial charge in [-0.15, -0.1) is 0 Å². The minimum Gasteiger partial charge on any atom is -0.488 e. The van der Waals surface area contributed by atoms with Crippen LogP contribution in [0.2, 0.25) is 0 Å². The van der Waals surface area contributed by atoms with Crippen LogP contribution in [0.5, 0.6) is 5.75 Å². The van der Waals surface area contributed by atoms with Gasteiger partial charge in [0.15, 0.2) is 0 Å². The average molecular weight is 404 g/mol. The summed E-state index contributed by atoms with van der Waals surface area (Å²) in [5.41, 5.74) is 0.804. The number of rotatable bonds is 4. The van der Waals surface area contributed by atoms with Crippen LogP contribution in [0.4, 0.5) is 4.39 Å². The Labute approximate surface area is 131 Å². The molecule has 0 aromatic heterocycles. The number of hydrogen-bond acceptors (Lipinski definition) is 2. The van der Waals surface area contributed by atoms with E-state index >= 15 is 0 Å². The fraction of sp³-hybridized carbons (Fsp3) is 0.0714. The molecule has 6 heteroatoms. The third kappa shape index (κ3) is 3.58. The number of carboxylic acid groups (broad SMARTS) is 1. The molecule has 1 N–H and O–H groups in total. The highest BCUT2D eigenvalue weighted by atomic mass is 79.9. The lowest BCUT2D eigenvalue weighted by molar-refractivity contribution is 0.0691. The van der Waals surface area contributed by atoms with E-state index in [1.54, 1.807) is 24.3 Å². The minimum atomic E-state index is -1.07. The van der Waals surface area contributed by atoms with E-state index in [1.807, 2.05) is 0 Å². The van der Waals surface area contributed by atoms with Gasteiger partial charge in [0.1, 0.15) is 23.7 Å². The molecule has 0 fully saturated rings. The minimum absolute atomic E-state index is 0.0700. The summed E-state index contributed by atoms with van der Waals surface area (Å²) in [5.74, 6) is -1.16. The van der Waals surface area contributed by atoms with Crippen molar-refractivity contribution in [2.24, 2.45) is 0 Å². The molecule has 0 aliphatic carbocycles. The smallest absolute Gasteiger partial charge is 0.339 e. The third-order valence-electron chi connectivity index (χ3n) is 2.55. The molecule has 0 aliphatic rings. The Bertz CT molecular complexity index is 659. The standard InChI is InChI=1S/C14H9Br2FO3/c15-9-2-4-13(10(6-9)14(18)19)20-7-8-1-3-12(17)11(16)5-8/h1-6H,7H2,(H,18,19). The number of halogens is 3. The monoisotopic (exact) mass is 402 g/mol. The quantitative estimate of drug-likeness (QED) is 0.809. The van der Waals surface area contributed by atoms with Crippen molar-refractivity contribution in [3.8, 4) is 5.75 Å². The van der Waals surface area contributed by atoms with Crippen LogP contribution in [-0.2, 0) is 6.61 Å². The summed E-state index contributed by atoms with van der Waals surface area (Å²) in [6.45, 7) is 0.154. The van der Waals surface area contributed by atoms with Crippen molar-refractivity contribution < 1.29 is 19.0 Å². The lowest BCUT2D eigenvalue weighted by Gasteiger charge is -2.10. The third-order valence-corrected chi connectivity index (χ3v) is 3.65. The molecule has 2 aromatic rings. The molecule has 0 radical (unpaired) electrons. The highest BCUT2D eigenvalue weighted by molar-refractivity contribution is 9.10. The zero-order valence-electron chi connectivity index (χ0n) is 10.1. The molecule has 3 nitrogen and oxygen atoms in total. The summed E-state index contributed by atoms with van der Waals surface area (Å²) in [6, 6.07) is 9.24. The molecule has 0 spiro atoms. The maximum absolute atomic E-state index is 13.1. The Morgan fingerprint density at radius 1 is 1.20 bits per heavy atom. The Morgan fingerprint density at radius 3 is 2.60 bits per heavy atom. The molecule has 2 aromatic carbocycles. The molecule has 104 valence electrons. The molecular weight excluding hydrogens is 395 g/mol. The number of benzene rings is 2. The molecule has 0 bridgehead atoms. The second kappa shape index (κ2) is 6.37. The molecule has 20 heavy (non-hydrogen) atoms. The van der Waals surface area contributed by atoms with E-state index in [0.29, 0.717) is 8.95 Å². The summed E-state index contributed by atoms with van der Waals surface area (Å²) in [7, 11) is 0.